The van der Waals surface area contributed by atoms with E-state index in [4.69, 9.17) is 8.83 Å². The van der Waals surface area contributed by atoms with Crippen LogP contribution in [0.15, 0.2) is 82.7 Å². The summed E-state index contributed by atoms with van der Waals surface area (Å²) in [5, 5.41) is 10.1. The number of hydrogen-bond donors (Lipinski definition) is 2. The summed E-state index contributed by atoms with van der Waals surface area (Å²) in [6, 6.07) is 20.2. The quantitative estimate of drug-likeness (QED) is 0.195. The summed E-state index contributed by atoms with van der Waals surface area (Å²) in [7, 11) is 0. The van der Waals surface area contributed by atoms with Crippen molar-refractivity contribution in [3.8, 4) is 0 Å². The number of carbonyl (C=O) groups is 2. The minimum atomic E-state index is -0.141. The van der Waals surface area contributed by atoms with Crippen molar-refractivity contribution in [2.45, 2.75) is 67.2 Å². The number of carbonyl (C=O) groups excluding carboxylic acids is 2. The second-order valence-electron chi connectivity index (χ2n) is 12.6. The van der Waals surface area contributed by atoms with Gasteiger partial charge in [0.2, 0.25) is 11.8 Å². The summed E-state index contributed by atoms with van der Waals surface area (Å²) in [5.74, 6) is 0.456. The SMILES string of the molecule is C=C(C)c1cc(C(=C)C)c2c(oc3ccccc32)c1NC(C)=O.CC(=O)Nc1c(C(C)C)cc(C(C)C)c2c1oc1ccccc12.[HH]. The predicted octanol–water partition coefficient (Wildman–Crippen LogP) is 11.6. The van der Waals surface area contributed by atoms with Crippen LogP contribution in [-0.4, -0.2) is 11.8 Å². The zero-order valence-electron chi connectivity index (χ0n) is 28.0. The molecule has 0 aliphatic rings. The summed E-state index contributed by atoms with van der Waals surface area (Å²) in [6.07, 6.45) is 0. The van der Waals surface area contributed by atoms with E-state index in [-0.39, 0.29) is 13.2 Å². The minimum Gasteiger partial charge on any atom is -0.454 e. The molecule has 0 aliphatic carbocycles. The molecule has 6 heteroatoms. The number of nitrogens with one attached hydrogen (secondary N) is 2. The van der Waals surface area contributed by atoms with E-state index < -0.39 is 0 Å². The monoisotopic (exact) mass is 616 g/mol. The lowest BCUT2D eigenvalue weighted by Crippen LogP contribution is -2.10. The molecule has 0 unspecified atom stereocenters. The number of hydrogen-bond acceptors (Lipinski definition) is 4. The van der Waals surface area contributed by atoms with E-state index in [2.05, 4.69) is 63.6 Å². The Morgan fingerprint density at radius 3 is 1.57 bits per heavy atom. The molecule has 0 atom stereocenters. The number of anilines is 2. The molecule has 0 spiro atoms. The summed E-state index contributed by atoms with van der Waals surface area (Å²) in [6.45, 7) is 23.7. The molecule has 0 saturated heterocycles. The largest absolute Gasteiger partial charge is 0.454 e. The Kier molecular flexibility index (Phi) is 8.93. The minimum absolute atomic E-state index is 0. The number of benzene rings is 4. The van der Waals surface area contributed by atoms with Gasteiger partial charge in [0.15, 0.2) is 11.2 Å². The van der Waals surface area contributed by atoms with Crippen LogP contribution in [0, 0.1) is 0 Å². The molecule has 6 rings (SSSR count). The number of amides is 2. The molecular weight excluding hydrogens is 572 g/mol. The standard InChI is InChI=1S/C20H23NO2.C20H19NO2.H2/c2*1-11(2)15-10-16(12(3)4)19(21-13(5)22)20-18(15)14-8-6-7-9-17(14)23-20;/h6-12H,1-5H3,(H,21,22);6-10H,1,3H2,2,4-5H3,(H,21,22);1H. The Morgan fingerprint density at radius 2 is 1.09 bits per heavy atom. The highest BCUT2D eigenvalue weighted by atomic mass is 16.3. The Bertz CT molecular complexity index is 2180. The van der Waals surface area contributed by atoms with Gasteiger partial charge in [0.05, 0.1) is 11.4 Å². The second-order valence-corrected chi connectivity index (χ2v) is 12.6. The van der Waals surface area contributed by atoms with Crippen molar-refractivity contribution >= 4 is 78.2 Å². The van der Waals surface area contributed by atoms with Crippen molar-refractivity contribution in [1.29, 1.82) is 0 Å². The molecule has 2 heterocycles. The van der Waals surface area contributed by atoms with E-state index in [1.54, 1.807) is 0 Å². The third-order valence-corrected chi connectivity index (χ3v) is 8.13. The van der Waals surface area contributed by atoms with Gasteiger partial charge in [0.1, 0.15) is 11.2 Å². The van der Waals surface area contributed by atoms with Crippen molar-refractivity contribution in [3.05, 3.63) is 96.1 Å². The van der Waals surface area contributed by atoms with Crippen molar-refractivity contribution < 1.29 is 19.9 Å². The van der Waals surface area contributed by atoms with Crippen LogP contribution in [0.2, 0.25) is 0 Å². The summed E-state index contributed by atoms with van der Waals surface area (Å²) >= 11 is 0. The van der Waals surface area contributed by atoms with E-state index in [0.717, 1.165) is 71.8 Å². The van der Waals surface area contributed by atoms with Gasteiger partial charge in [-0.3, -0.25) is 9.59 Å². The van der Waals surface area contributed by atoms with Gasteiger partial charge in [-0.25, -0.2) is 0 Å². The third kappa shape index (κ3) is 5.95. The van der Waals surface area contributed by atoms with Crippen LogP contribution in [0.1, 0.15) is 90.9 Å². The second kappa shape index (κ2) is 12.7. The van der Waals surface area contributed by atoms with Crippen molar-refractivity contribution in [2.24, 2.45) is 0 Å². The maximum absolute atomic E-state index is 11.7. The molecule has 0 fully saturated rings. The molecular formula is C40H44N2O4. The van der Waals surface area contributed by atoms with Crippen LogP contribution in [-0.2, 0) is 9.59 Å². The molecule has 0 bridgehead atoms. The molecule has 2 amide bonds. The number of rotatable bonds is 6. The molecule has 0 radical (unpaired) electrons. The number of allylic oxidation sites excluding steroid dienone is 2. The number of para-hydroxylation sites is 2. The van der Waals surface area contributed by atoms with Gasteiger partial charge in [0.25, 0.3) is 0 Å². The van der Waals surface area contributed by atoms with Gasteiger partial charge in [-0.2, -0.15) is 0 Å². The fourth-order valence-corrected chi connectivity index (χ4v) is 6.04. The summed E-state index contributed by atoms with van der Waals surface area (Å²) in [5.41, 5.74) is 10.6. The van der Waals surface area contributed by atoms with Crippen molar-refractivity contribution in [3.63, 3.8) is 0 Å². The molecule has 2 N–H and O–H groups in total. The van der Waals surface area contributed by atoms with Crippen molar-refractivity contribution in [2.75, 3.05) is 10.6 Å². The average molecular weight is 617 g/mol. The van der Waals surface area contributed by atoms with Gasteiger partial charge >= 0.3 is 0 Å². The molecule has 46 heavy (non-hydrogen) atoms. The summed E-state index contributed by atoms with van der Waals surface area (Å²) in [4.78, 5) is 23.4. The first kappa shape index (κ1) is 32.3. The average Bonchev–Trinajstić information content (AvgIpc) is 3.56. The van der Waals surface area contributed by atoms with Crippen LogP contribution in [0.25, 0.3) is 55.0 Å². The molecule has 2 aromatic heterocycles. The highest BCUT2D eigenvalue weighted by Gasteiger charge is 2.23. The van der Waals surface area contributed by atoms with Gasteiger partial charge in [-0.1, -0.05) is 88.9 Å². The summed E-state index contributed by atoms with van der Waals surface area (Å²) < 4.78 is 12.2. The van der Waals surface area contributed by atoms with Gasteiger partial charge in [-0.05, 0) is 66.1 Å². The van der Waals surface area contributed by atoms with Gasteiger partial charge in [0, 0.05) is 42.4 Å². The number of fused-ring (bicyclic) bond motifs is 6. The fourth-order valence-electron chi connectivity index (χ4n) is 6.04. The Labute approximate surface area is 271 Å². The maximum atomic E-state index is 11.7. The van der Waals surface area contributed by atoms with E-state index >= 15 is 0 Å². The highest BCUT2D eigenvalue weighted by molar-refractivity contribution is 6.17. The molecule has 0 aliphatic heterocycles. The molecule has 238 valence electrons. The van der Waals surface area contributed by atoms with Gasteiger partial charge < -0.3 is 19.5 Å². The lowest BCUT2D eigenvalue weighted by molar-refractivity contribution is -0.115. The van der Waals surface area contributed by atoms with Gasteiger partial charge in [-0.15, -0.1) is 0 Å². The normalized spacial score (nSPS) is 11.3. The number of furan rings is 2. The zero-order chi connectivity index (χ0) is 33.4. The van der Waals surface area contributed by atoms with E-state index in [9.17, 15) is 9.59 Å². The lowest BCUT2D eigenvalue weighted by Gasteiger charge is -2.18. The van der Waals surface area contributed by atoms with E-state index in [1.807, 2.05) is 62.4 Å². The van der Waals surface area contributed by atoms with Crippen LogP contribution >= 0.6 is 0 Å². The van der Waals surface area contributed by atoms with Crippen LogP contribution in [0.4, 0.5) is 11.4 Å². The zero-order valence-corrected chi connectivity index (χ0v) is 28.0. The smallest absolute Gasteiger partial charge is 0.221 e. The molecule has 0 saturated carbocycles. The Hall–Kier alpha value is -5.10. The Balaban J connectivity index is 0.000000208. The van der Waals surface area contributed by atoms with Crippen LogP contribution in [0.5, 0.6) is 0 Å². The maximum Gasteiger partial charge on any atom is 0.221 e. The first-order valence-corrected chi connectivity index (χ1v) is 15.6. The first-order chi connectivity index (χ1) is 21.8. The van der Waals surface area contributed by atoms with Crippen molar-refractivity contribution in [1.82, 2.24) is 0 Å². The third-order valence-electron chi connectivity index (χ3n) is 8.13. The predicted molar refractivity (Wildman–Crippen MR) is 196 cm³/mol. The topological polar surface area (TPSA) is 84.5 Å². The molecule has 4 aromatic carbocycles. The van der Waals surface area contributed by atoms with Crippen LogP contribution in [0.3, 0.4) is 0 Å². The fraction of sp³-hybridized carbons (Fsp3) is 0.250. The van der Waals surface area contributed by atoms with E-state index in [0.29, 0.717) is 23.1 Å². The lowest BCUT2D eigenvalue weighted by atomic mass is 9.90. The van der Waals surface area contributed by atoms with E-state index in [1.165, 1.54) is 19.4 Å². The highest BCUT2D eigenvalue weighted by Crippen LogP contribution is 2.43. The van der Waals surface area contributed by atoms with Crippen LogP contribution < -0.4 is 10.6 Å². The Morgan fingerprint density at radius 1 is 0.630 bits per heavy atom. The molecule has 6 nitrogen and oxygen atoms in total. The molecule has 6 aromatic rings. The first-order valence-electron chi connectivity index (χ1n) is 15.6.